The van der Waals surface area contributed by atoms with Gasteiger partial charge < -0.3 is 15.3 Å². The van der Waals surface area contributed by atoms with E-state index in [0.29, 0.717) is 23.4 Å². The molecular formula is C21H21FN2O4. The van der Waals surface area contributed by atoms with Crippen LogP contribution in [0.5, 0.6) is 0 Å². The zero-order chi connectivity index (χ0) is 20.3. The monoisotopic (exact) mass is 384 g/mol. The fourth-order valence-electron chi connectivity index (χ4n) is 3.18. The molecule has 3 rings (SSSR count). The van der Waals surface area contributed by atoms with Gasteiger partial charge in [0.1, 0.15) is 5.82 Å². The number of carbonyl (C=O) groups excluding carboxylic acids is 2. The van der Waals surface area contributed by atoms with E-state index in [2.05, 4.69) is 5.32 Å². The summed E-state index contributed by atoms with van der Waals surface area (Å²) in [7, 11) is 0. The average molecular weight is 384 g/mol. The summed E-state index contributed by atoms with van der Waals surface area (Å²) >= 11 is 0. The minimum atomic E-state index is -0.857. The van der Waals surface area contributed by atoms with E-state index >= 15 is 0 Å². The van der Waals surface area contributed by atoms with Gasteiger partial charge in [-0.25, -0.2) is 4.39 Å². The molecule has 2 amide bonds. The van der Waals surface area contributed by atoms with Crippen LogP contribution in [0.3, 0.4) is 0 Å². The van der Waals surface area contributed by atoms with Crippen molar-refractivity contribution in [2.75, 3.05) is 16.8 Å². The molecule has 0 radical (unpaired) electrons. The summed E-state index contributed by atoms with van der Waals surface area (Å²) < 4.78 is 13.4. The van der Waals surface area contributed by atoms with Crippen molar-refractivity contribution in [3.63, 3.8) is 0 Å². The van der Waals surface area contributed by atoms with Crippen molar-refractivity contribution in [3.05, 3.63) is 59.4 Å². The number of benzene rings is 2. The Morgan fingerprint density at radius 2 is 1.93 bits per heavy atom. The minimum absolute atomic E-state index is 0.0502. The van der Waals surface area contributed by atoms with Crippen LogP contribution in [0.2, 0.25) is 0 Å². The highest BCUT2D eigenvalue weighted by Crippen LogP contribution is 2.27. The maximum atomic E-state index is 13.4. The first kappa shape index (κ1) is 19.5. The van der Waals surface area contributed by atoms with Gasteiger partial charge in [-0.2, -0.15) is 0 Å². The summed E-state index contributed by atoms with van der Waals surface area (Å²) in [6.45, 7) is 1.87. The number of hydrogen-bond donors (Lipinski definition) is 2. The first-order valence-corrected chi connectivity index (χ1v) is 9.01. The molecule has 1 saturated heterocycles. The van der Waals surface area contributed by atoms with Crippen molar-refractivity contribution in [2.24, 2.45) is 5.92 Å². The van der Waals surface area contributed by atoms with Crippen LogP contribution in [-0.2, 0) is 20.8 Å². The molecule has 0 saturated carbocycles. The van der Waals surface area contributed by atoms with Gasteiger partial charge in [-0.05, 0) is 54.8 Å². The Morgan fingerprint density at radius 3 is 2.57 bits per heavy atom. The Bertz CT molecular complexity index is 911. The van der Waals surface area contributed by atoms with E-state index in [9.17, 15) is 18.8 Å². The van der Waals surface area contributed by atoms with Crippen molar-refractivity contribution in [3.8, 4) is 0 Å². The molecule has 28 heavy (non-hydrogen) atoms. The topological polar surface area (TPSA) is 86.7 Å². The molecule has 1 unspecified atom stereocenters. The zero-order valence-electron chi connectivity index (χ0n) is 15.4. The number of hydrogen-bond acceptors (Lipinski definition) is 3. The Balaban J connectivity index is 1.61. The van der Waals surface area contributed by atoms with Gasteiger partial charge in [0.05, 0.1) is 5.92 Å². The lowest BCUT2D eigenvalue weighted by molar-refractivity contribution is -0.137. The van der Waals surface area contributed by atoms with Gasteiger partial charge in [-0.15, -0.1) is 0 Å². The summed E-state index contributed by atoms with van der Waals surface area (Å²) in [6.07, 6.45) is 0.570. The SMILES string of the molecule is Cc1cc(N2CC(C(=O)Nc3ccc(CCC(=O)O)cc3)CC2=O)ccc1F. The smallest absolute Gasteiger partial charge is 0.303 e. The van der Waals surface area contributed by atoms with Gasteiger partial charge in [0.25, 0.3) is 0 Å². The van der Waals surface area contributed by atoms with E-state index in [-0.39, 0.29) is 37.0 Å². The van der Waals surface area contributed by atoms with Crippen LogP contribution in [-0.4, -0.2) is 29.4 Å². The summed E-state index contributed by atoms with van der Waals surface area (Å²) in [6, 6.07) is 11.4. The molecule has 1 atom stereocenters. The second-order valence-electron chi connectivity index (χ2n) is 6.92. The standard InChI is InChI=1S/C21H21FN2O4/c1-13-10-17(7-8-18(13)22)24-12-15(11-19(24)25)21(28)23-16-5-2-14(3-6-16)4-9-20(26)27/h2-3,5-8,10,15H,4,9,11-12H2,1H3,(H,23,28)(H,26,27). The minimum Gasteiger partial charge on any atom is -0.481 e. The quantitative estimate of drug-likeness (QED) is 0.801. The molecule has 6 nitrogen and oxygen atoms in total. The molecule has 2 aromatic carbocycles. The Morgan fingerprint density at radius 1 is 1.21 bits per heavy atom. The lowest BCUT2D eigenvalue weighted by Crippen LogP contribution is -2.28. The molecule has 2 aromatic rings. The van der Waals surface area contributed by atoms with E-state index in [4.69, 9.17) is 5.11 Å². The lowest BCUT2D eigenvalue weighted by atomic mass is 10.1. The second-order valence-corrected chi connectivity index (χ2v) is 6.92. The van der Waals surface area contributed by atoms with E-state index in [1.54, 1.807) is 37.3 Å². The zero-order valence-corrected chi connectivity index (χ0v) is 15.4. The van der Waals surface area contributed by atoms with Crippen molar-refractivity contribution >= 4 is 29.2 Å². The van der Waals surface area contributed by atoms with Crippen LogP contribution in [0.25, 0.3) is 0 Å². The molecule has 0 aliphatic carbocycles. The highest BCUT2D eigenvalue weighted by Gasteiger charge is 2.35. The van der Waals surface area contributed by atoms with Gasteiger partial charge in [0.2, 0.25) is 11.8 Å². The number of nitrogens with zero attached hydrogens (tertiary/aromatic N) is 1. The molecule has 146 valence electrons. The fourth-order valence-corrected chi connectivity index (χ4v) is 3.18. The molecule has 1 heterocycles. The molecular weight excluding hydrogens is 363 g/mol. The van der Waals surface area contributed by atoms with Crippen LogP contribution < -0.4 is 10.2 Å². The summed E-state index contributed by atoms with van der Waals surface area (Å²) in [4.78, 5) is 37.0. The molecule has 1 aliphatic heterocycles. The predicted molar refractivity (Wildman–Crippen MR) is 103 cm³/mol. The number of anilines is 2. The molecule has 0 bridgehead atoms. The van der Waals surface area contributed by atoms with Gasteiger partial charge in [0, 0.05) is 30.8 Å². The van der Waals surface area contributed by atoms with Crippen LogP contribution in [0.1, 0.15) is 24.0 Å². The Labute approximate surface area is 162 Å². The highest BCUT2D eigenvalue weighted by molar-refractivity contribution is 6.03. The van der Waals surface area contributed by atoms with E-state index in [1.165, 1.54) is 17.0 Å². The van der Waals surface area contributed by atoms with Gasteiger partial charge in [0.15, 0.2) is 0 Å². The number of aryl methyl sites for hydroxylation is 2. The number of aliphatic carboxylic acids is 1. The van der Waals surface area contributed by atoms with Crippen molar-refractivity contribution < 1.29 is 23.9 Å². The van der Waals surface area contributed by atoms with E-state index in [0.717, 1.165) is 5.56 Å². The molecule has 2 N–H and O–H groups in total. The molecule has 1 fully saturated rings. The largest absolute Gasteiger partial charge is 0.481 e. The third-order valence-corrected chi connectivity index (χ3v) is 4.80. The fraction of sp³-hybridized carbons (Fsp3) is 0.286. The number of carboxylic acids is 1. The first-order chi connectivity index (χ1) is 13.3. The number of halogens is 1. The van der Waals surface area contributed by atoms with Crippen LogP contribution in [0, 0.1) is 18.7 Å². The lowest BCUT2D eigenvalue weighted by Gasteiger charge is -2.17. The Hall–Kier alpha value is -3.22. The summed E-state index contributed by atoms with van der Waals surface area (Å²) in [5, 5.41) is 11.5. The van der Waals surface area contributed by atoms with Gasteiger partial charge >= 0.3 is 5.97 Å². The maximum absolute atomic E-state index is 13.4. The third kappa shape index (κ3) is 4.54. The van der Waals surface area contributed by atoms with Gasteiger partial charge in [-0.1, -0.05) is 12.1 Å². The maximum Gasteiger partial charge on any atom is 0.303 e. The van der Waals surface area contributed by atoms with Gasteiger partial charge in [-0.3, -0.25) is 14.4 Å². The van der Waals surface area contributed by atoms with Crippen molar-refractivity contribution in [1.29, 1.82) is 0 Å². The van der Waals surface area contributed by atoms with Crippen LogP contribution in [0.15, 0.2) is 42.5 Å². The van der Waals surface area contributed by atoms with Crippen molar-refractivity contribution in [1.82, 2.24) is 0 Å². The number of carbonyl (C=O) groups is 3. The van der Waals surface area contributed by atoms with Crippen LogP contribution in [0.4, 0.5) is 15.8 Å². The average Bonchev–Trinajstić information content (AvgIpc) is 3.05. The summed E-state index contributed by atoms with van der Waals surface area (Å²) in [5.41, 5.74) is 2.49. The van der Waals surface area contributed by atoms with E-state index in [1.807, 2.05) is 0 Å². The first-order valence-electron chi connectivity index (χ1n) is 9.01. The molecule has 7 heteroatoms. The number of carboxylic acid groups (broad SMARTS) is 1. The third-order valence-electron chi connectivity index (χ3n) is 4.80. The highest BCUT2D eigenvalue weighted by atomic mass is 19.1. The normalized spacial score (nSPS) is 16.3. The van der Waals surface area contributed by atoms with Crippen molar-refractivity contribution in [2.45, 2.75) is 26.2 Å². The predicted octanol–water partition coefficient (Wildman–Crippen LogP) is 3.14. The number of amides is 2. The molecule has 0 spiro atoms. The number of rotatable bonds is 6. The second kappa shape index (κ2) is 8.21. The Kier molecular flexibility index (Phi) is 5.73. The summed E-state index contributed by atoms with van der Waals surface area (Å²) in [5.74, 6) is -2.12. The van der Waals surface area contributed by atoms with Crippen LogP contribution >= 0.6 is 0 Å². The van der Waals surface area contributed by atoms with E-state index < -0.39 is 11.9 Å². The molecule has 1 aliphatic rings. The number of nitrogens with one attached hydrogen (secondary N) is 1. The molecule has 0 aromatic heterocycles.